The molecule has 3 rings (SSSR count). The standard InChI is InChI=1S/C17H19N3O2/c1-12-5-4-8-20(10-12)11-16(21)19-17-13-6-2-3-7-14(13)22-15(17)9-18/h2-3,6-7,12H,4-5,8,10-11H2,1H3,(H,19,21)/t12-/m0/s1. The van der Waals surface area contributed by atoms with E-state index in [9.17, 15) is 10.1 Å². The summed E-state index contributed by atoms with van der Waals surface area (Å²) in [7, 11) is 0. The van der Waals surface area contributed by atoms with Gasteiger partial charge in [-0.25, -0.2) is 0 Å². The molecule has 1 aromatic heterocycles. The number of benzene rings is 1. The maximum Gasteiger partial charge on any atom is 0.238 e. The Hall–Kier alpha value is -2.32. The number of hydrogen-bond donors (Lipinski definition) is 1. The number of para-hydroxylation sites is 1. The van der Waals surface area contributed by atoms with Crippen molar-refractivity contribution in [1.82, 2.24) is 4.90 Å². The van der Waals surface area contributed by atoms with Crippen molar-refractivity contribution in [2.75, 3.05) is 25.0 Å². The second-order valence-corrected chi connectivity index (χ2v) is 5.94. The average molecular weight is 297 g/mol. The van der Waals surface area contributed by atoms with E-state index >= 15 is 0 Å². The third kappa shape index (κ3) is 2.97. The molecule has 1 amide bonds. The Bertz CT molecular complexity index is 729. The van der Waals surface area contributed by atoms with E-state index in [4.69, 9.17) is 4.42 Å². The van der Waals surface area contributed by atoms with E-state index in [1.807, 2.05) is 24.3 Å². The largest absolute Gasteiger partial charge is 0.443 e. The van der Waals surface area contributed by atoms with Crippen LogP contribution in [-0.2, 0) is 4.79 Å². The highest BCUT2D eigenvalue weighted by Gasteiger charge is 2.21. The van der Waals surface area contributed by atoms with Gasteiger partial charge >= 0.3 is 0 Å². The number of likely N-dealkylation sites (tertiary alicyclic amines) is 1. The van der Waals surface area contributed by atoms with Gasteiger partial charge in [-0.3, -0.25) is 9.69 Å². The topological polar surface area (TPSA) is 69.3 Å². The van der Waals surface area contributed by atoms with Crippen LogP contribution in [0.2, 0.25) is 0 Å². The van der Waals surface area contributed by atoms with E-state index in [1.54, 1.807) is 6.07 Å². The van der Waals surface area contributed by atoms with Crippen LogP contribution in [0, 0.1) is 17.2 Å². The SMILES string of the molecule is C[C@H]1CCCN(CC(=O)Nc2c(C#N)oc3ccccc23)C1. The fourth-order valence-corrected chi connectivity index (χ4v) is 3.06. The van der Waals surface area contributed by atoms with Gasteiger partial charge in [0.25, 0.3) is 0 Å². The molecular formula is C17H19N3O2. The number of fused-ring (bicyclic) bond motifs is 1. The predicted molar refractivity (Wildman–Crippen MR) is 84.4 cm³/mol. The number of nitriles is 1. The molecule has 1 fully saturated rings. The normalized spacial score (nSPS) is 19.0. The lowest BCUT2D eigenvalue weighted by Crippen LogP contribution is -2.39. The molecule has 0 unspecified atom stereocenters. The molecule has 1 saturated heterocycles. The minimum atomic E-state index is -0.0999. The lowest BCUT2D eigenvalue weighted by Gasteiger charge is -2.30. The van der Waals surface area contributed by atoms with Crippen molar-refractivity contribution in [3.8, 4) is 6.07 Å². The van der Waals surface area contributed by atoms with Gasteiger partial charge in [0.1, 0.15) is 17.3 Å². The van der Waals surface area contributed by atoms with Crippen molar-refractivity contribution >= 4 is 22.6 Å². The molecule has 2 heterocycles. The Balaban J connectivity index is 1.75. The Kier molecular flexibility index (Phi) is 4.12. The summed E-state index contributed by atoms with van der Waals surface area (Å²) in [6.45, 7) is 4.47. The maximum absolute atomic E-state index is 12.3. The second-order valence-electron chi connectivity index (χ2n) is 5.94. The second kappa shape index (κ2) is 6.20. The molecular weight excluding hydrogens is 278 g/mol. The van der Waals surface area contributed by atoms with Crippen LogP contribution >= 0.6 is 0 Å². The van der Waals surface area contributed by atoms with Crippen molar-refractivity contribution < 1.29 is 9.21 Å². The lowest BCUT2D eigenvalue weighted by molar-refractivity contribution is -0.117. The molecule has 1 aromatic carbocycles. The minimum Gasteiger partial charge on any atom is -0.443 e. The van der Waals surface area contributed by atoms with E-state index in [0.29, 0.717) is 23.7 Å². The number of furan rings is 1. The molecule has 5 heteroatoms. The minimum absolute atomic E-state index is 0.0999. The molecule has 1 aliphatic rings. The highest BCUT2D eigenvalue weighted by Crippen LogP contribution is 2.30. The van der Waals surface area contributed by atoms with E-state index in [1.165, 1.54) is 6.42 Å². The number of amides is 1. The zero-order valence-electron chi connectivity index (χ0n) is 12.6. The van der Waals surface area contributed by atoms with Gasteiger partial charge in [-0.2, -0.15) is 5.26 Å². The summed E-state index contributed by atoms with van der Waals surface area (Å²) in [6, 6.07) is 9.34. The summed E-state index contributed by atoms with van der Waals surface area (Å²) in [6.07, 6.45) is 2.36. The van der Waals surface area contributed by atoms with Crippen LogP contribution in [0.3, 0.4) is 0 Å². The van der Waals surface area contributed by atoms with Crippen LogP contribution < -0.4 is 5.32 Å². The first-order valence-electron chi connectivity index (χ1n) is 7.61. The van der Waals surface area contributed by atoms with Crippen LogP contribution in [-0.4, -0.2) is 30.4 Å². The molecule has 22 heavy (non-hydrogen) atoms. The molecule has 2 aromatic rings. The van der Waals surface area contributed by atoms with Crippen molar-refractivity contribution in [2.45, 2.75) is 19.8 Å². The number of nitrogens with one attached hydrogen (secondary N) is 1. The van der Waals surface area contributed by atoms with Crippen molar-refractivity contribution in [2.24, 2.45) is 5.92 Å². The number of anilines is 1. The monoisotopic (exact) mass is 297 g/mol. The summed E-state index contributed by atoms with van der Waals surface area (Å²) >= 11 is 0. The van der Waals surface area contributed by atoms with Gasteiger partial charge in [0.05, 0.1) is 6.54 Å². The van der Waals surface area contributed by atoms with E-state index < -0.39 is 0 Å². The lowest BCUT2D eigenvalue weighted by atomic mass is 10.0. The average Bonchev–Trinajstić information content (AvgIpc) is 2.85. The van der Waals surface area contributed by atoms with Crippen LogP contribution in [0.4, 0.5) is 5.69 Å². The number of hydrogen-bond acceptors (Lipinski definition) is 4. The zero-order chi connectivity index (χ0) is 15.5. The van der Waals surface area contributed by atoms with E-state index in [-0.39, 0.29) is 11.7 Å². The Morgan fingerprint density at radius 2 is 2.32 bits per heavy atom. The molecule has 0 radical (unpaired) electrons. The van der Waals surface area contributed by atoms with Crippen LogP contribution in [0.15, 0.2) is 28.7 Å². The Morgan fingerprint density at radius 3 is 3.09 bits per heavy atom. The Morgan fingerprint density at radius 1 is 1.50 bits per heavy atom. The molecule has 1 N–H and O–H groups in total. The molecule has 1 aliphatic heterocycles. The fraction of sp³-hybridized carbons (Fsp3) is 0.412. The number of carbonyl (C=O) groups is 1. The van der Waals surface area contributed by atoms with Crippen molar-refractivity contribution in [3.05, 3.63) is 30.0 Å². The third-order valence-corrected chi connectivity index (χ3v) is 4.07. The highest BCUT2D eigenvalue weighted by molar-refractivity contribution is 6.03. The van der Waals surface area contributed by atoms with E-state index in [0.717, 1.165) is 24.9 Å². The number of carbonyl (C=O) groups excluding carboxylic acids is 1. The molecule has 0 spiro atoms. The molecule has 5 nitrogen and oxygen atoms in total. The summed E-state index contributed by atoms with van der Waals surface area (Å²) in [5, 5.41) is 12.8. The highest BCUT2D eigenvalue weighted by atomic mass is 16.3. The van der Waals surface area contributed by atoms with Crippen molar-refractivity contribution in [3.63, 3.8) is 0 Å². The molecule has 0 bridgehead atoms. The first-order valence-corrected chi connectivity index (χ1v) is 7.61. The molecule has 114 valence electrons. The predicted octanol–water partition coefficient (Wildman–Crippen LogP) is 2.97. The van der Waals surface area contributed by atoms with Crippen LogP contribution in [0.5, 0.6) is 0 Å². The fourth-order valence-electron chi connectivity index (χ4n) is 3.06. The van der Waals surface area contributed by atoms with Crippen LogP contribution in [0.1, 0.15) is 25.5 Å². The smallest absolute Gasteiger partial charge is 0.238 e. The summed E-state index contributed by atoms with van der Waals surface area (Å²) in [5.41, 5.74) is 1.09. The first-order chi connectivity index (χ1) is 10.7. The quantitative estimate of drug-likeness (QED) is 0.945. The Labute approximate surface area is 129 Å². The van der Waals surface area contributed by atoms with Gasteiger partial charge in [0.15, 0.2) is 0 Å². The molecule has 0 aliphatic carbocycles. The molecule has 1 atom stereocenters. The van der Waals surface area contributed by atoms with Gasteiger partial charge < -0.3 is 9.73 Å². The van der Waals surface area contributed by atoms with Gasteiger partial charge in [-0.1, -0.05) is 19.1 Å². The van der Waals surface area contributed by atoms with Gasteiger partial charge in [-0.15, -0.1) is 0 Å². The number of rotatable bonds is 3. The number of piperidine rings is 1. The molecule has 0 saturated carbocycles. The zero-order valence-corrected chi connectivity index (χ0v) is 12.6. The van der Waals surface area contributed by atoms with Gasteiger partial charge in [-0.05, 0) is 37.4 Å². The third-order valence-electron chi connectivity index (χ3n) is 4.07. The van der Waals surface area contributed by atoms with Crippen LogP contribution in [0.25, 0.3) is 11.0 Å². The van der Waals surface area contributed by atoms with Crippen molar-refractivity contribution in [1.29, 1.82) is 5.26 Å². The summed E-state index contributed by atoms with van der Waals surface area (Å²) < 4.78 is 5.47. The summed E-state index contributed by atoms with van der Waals surface area (Å²) in [4.78, 5) is 14.5. The first kappa shape index (κ1) is 14.6. The number of nitrogens with zero attached hydrogens (tertiary/aromatic N) is 2. The summed E-state index contributed by atoms with van der Waals surface area (Å²) in [5.74, 6) is 0.685. The maximum atomic E-state index is 12.3. The van der Waals surface area contributed by atoms with Gasteiger partial charge in [0.2, 0.25) is 11.7 Å². The van der Waals surface area contributed by atoms with E-state index in [2.05, 4.69) is 17.1 Å². The van der Waals surface area contributed by atoms with Gasteiger partial charge in [0, 0.05) is 11.9 Å².